The Hall–Kier alpha value is -1.29. The number of hydrogen-bond donors (Lipinski definition) is 0. The molecule has 4 heteroatoms. The maximum Gasteiger partial charge on any atom is 0.188 e. The van der Waals surface area contributed by atoms with Crippen molar-refractivity contribution in [3.8, 4) is 10.8 Å². The Labute approximate surface area is 67.8 Å². The van der Waals surface area contributed by atoms with Gasteiger partial charge in [-0.1, -0.05) is 0 Å². The molecule has 0 spiro atoms. The second-order valence-corrected chi connectivity index (χ2v) is 2.71. The highest BCUT2D eigenvalue weighted by Gasteiger charge is 2.00. The molecule has 0 aliphatic rings. The van der Waals surface area contributed by atoms with Crippen molar-refractivity contribution >= 4 is 11.3 Å². The molecule has 0 saturated carbocycles. The molecule has 2 aromatic rings. The Morgan fingerprint density at radius 3 is 2.73 bits per heavy atom. The molecule has 0 aromatic carbocycles. The summed E-state index contributed by atoms with van der Waals surface area (Å²) in [5, 5.41) is 2.59. The van der Waals surface area contributed by atoms with Gasteiger partial charge in [-0.15, -0.1) is 11.3 Å². The first-order valence-electron chi connectivity index (χ1n) is 3.06. The van der Waals surface area contributed by atoms with E-state index in [1.165, 1.54) is 11.3 Å². The van der Waals surface area contributed by atoms with Crippen LogP contribution in [-0.4, -0.2) is 15.0 Å². The smallest absolute Gasteiger partial charge is 0.188 e. The van der Waals surface area contributed by atoms with Crippen molar-refractivity contribution in [1.29, 1.82) is 0 Å². The van der Waals surface area contributed by atoms with Crippen LogP contribution in [-0.2, 0) is 0 Å². The Balaban J connectivity index is 2.46. The number of thiazole rings is 1. The minimum atomic E-state index is 0.666. The predicted octanol–water partition coefficient (Wildman–Crippen LogP) is 1.40. The molecule has 53 valence electrons. The molecule has 0 fully saturated rings. The number of rotatable bonds is 1. The van der Waals surface area contributed by atoms with E-state index in [9.17, 15) is 0 Å². The molecule has 2 aromatic heterocycles. The fourth-order valence-corrected chi connectivity index (χ4v) is 1.24. The molecular formula is C7H4N3S. The SMILES string of the molecule is [c]1csc(-c2ncccn2)n1. The first-order valence-corrected chi connectivity index (χ1v) is 3.94. The third kappa shape index (κ3) is 1.25. The standard InChI is InChI=1S/C7H4N3S/c1-2-8-6(9-3-1)7-10-4-5-11-7/h1-3,5H. The summed E-state index contributed by atoms with van der Waals surface area (Å²) in [6.45, 7) is 0. The monoisotopic (exact) mass is 162 g/mol. The summed E-state index contributed by atoms with van der Waals surface area (Å²) < 4.78 is 0. The Kier molecular flexibility index (Phi) is 1.61. The Morgan fingerprint density at radius 1 is 1.27 bits per heavy atom. The highest BCUT2D eigenvalue weighted by molar-refractivity contribution is 7.12. The van der Waals surface area contributed by atoms with Crippen LogP contribution in [0.15, 0.2) is 23.8 Å². The average molecular weight is 162 g/mol. The molecule has 1 radical (unpaired) electrons. The van der Waals surface area contributed by atoms with Crippen LogP contribution in [0.2, 0.25) is 0 Å². The van der Waals surface area contributed by atoms with E-state index in [0.717, 1.165) is 5.01 Å². The molecule has 0 aliphatic heterocycles. The molecule has 0 aliphatic carbocycles. The van der Waals surface area contributed by atoms with Gasteiger partial charge in [0.25, 0.3) is 0 Å². The van der Waals surface area contributed by atoms with Gasteiger partial charge in [0.2, 0.25) is 0 Å². The zero-order chi connectivity index (χ0) is 7.52. The van der Waals surface area contributed by atoms with E-state index in [1.54, 1.807) is 23.8 Å². The molecular weight excluding hydrogens is 158 g/mol. The van der Waals surface area contributed by atoms with Crippen molar-refractivity contribution < 1.29 is 0 Å². The Morgan fingerprint density at radius 2 is 2.09 bits per heavy atom. The summed E-state index contributed by atoms with van der Waals surface area (Å²) >= 11 is 1.48. The van der Waals surface area contributed by atoms with Gasteiger partial charge in [-0.2, -0.15) is 0 Å². The van der Waals surface area contributed by atoms with Crippen molar-refractivity contribution in [2.24, 2.45) is 0 Å². The van der Waals surface area contributed by atoms with Crippen LogP contribution >= 0.6 is 11.3 Å². The second-order valence-electron chi connectivity index (χ2n) is 1.85. The van der Waals surface area contributed by atoms with E-state index >= 15 is 0 Å². The minimum absolute atomic E-state index is 0.666. The van der Waals surface area contributed by atoms with Gasteiger partial charge in [0.1, 0.15) is 6.20 Å². The molecule has 3 nitrogen and oxygen atoms in total. The van der Waals surface area contributed by atoms with Crippen LogP contribution in [0.3, 0.4) is 0 Å². The van der Waals surface area contributed by atoms with Crippen LogP contribution in [0.25, 0.3) is 10.8 Å². The quantitative estimate of drug-likeness (QED) is 0.636. The number of nitrogens with zero attached hydrogens (tertiary/aromatic N) is 3. The summed E-state index contributed by atoms with van der Waals surface area (Å²) in [5.74, 6) is 0.666. The van der Waals surface area contributed by atoms with E-state index in [4.69, 9.17) is 0 Å². The van der Waals surface area contributed by atoms with Crippen LogP contribution in [0.5, 0.6) is 0 Å². The van der Waals surface area contributed by atoms with Gasteiger partial charge < -0.3 is 0 Å². The zero-order valence-corrected chi connectivity index (χ0v) is 6.38. The van der Waals surface area contributed by atoms with Crippen LogP contribution in [0, 0.1) is 6.20 Å². The molecule has 0 N–H and O–H groups in total. The van der Waals surface area contributed by atoms with E-state index < -0.39 is 0 Å². The predicted molar refractivity (Wildman–Crippen MR) is 42.0 cm³/mol. The first kappa shape index (κ1) is 6.42. The lowest BCUT2D eigenvalue weighted by molar-refractivity contribution is 1.16. The van der Waals surface area contributed by atoms with Crippen molar-refractivity contribution in [2.75, 3.05) is 0 Å². The molecule has 0 saturated heterocycles. The topological polar surface area (TPSA) is 38.7 Å². The maximum absolute atomic E-state index is 4.04. The lowest BCUT2D eigenvalue weighted by Crippen LogP contribution is -1.84. The van der Waals surface area contributed by atoms with E-state index in [2.05, 4.69) is 21.1 Å². The van der Waals surface area contributed by atoms with Crippen molar-refractivity contribution in [3.05, 3.63) is 30.0 Å². The second kappa shape index (κ2) is 2.75. The zero-order valence-electron chi connectivity index (χ0n) is 5.56. The van der Waals surface area contributed by atoms with E-state index in [1.807, 2.05) is 0 Å². The van der Waals surface area contributed by atoms with Gasteiger partial charge in [0.15, 0.2) is 10.8 Å². The number of hydrogen-bond acceptors (Lipinski definition) is 4. The lowest BCUT2D eigenvalue weighted by atomic mass is 10.6. The normalized spacial score (nSPS) is 9.82. The summed E-state index contributed by atoms with van der Waals surface area (Å²) in [6.07, 6.45) is 6.11. The van der Waals surface area contributed by atoms with Gasteiger partial charge in [-0.3, -0.25) is 0 Å². The summed E-state index contributed by atoms with van der Waals surface area (Å²) in [6, 6.07) is 1.78. The fourth-order valence-electron chi connectivity index (χ4n) is 0.706. The highest BCUT2D eigenvalue weighted by Crippen LogP contribution is 2.14. The third-order valence-electron chi connectivity index (χ3n) is 1.15. The van der Waals surface area contributed by atoms with Gasteiger partial charge >= 0.3 is 0 Å². The molecule has 0 amide bonds. The third-order valence-corrected chi connectivity index (χ3v) is 1.87. The Bertz CT molecular complexity index is 317. The van der Waals surface area contributed by atoms with Gasteiger partial charge in [0, 0.05) is 17.8 Å². The largest absolute Gasteiger partial charge is 0.234 e. The molecule has 2 heterocycles. The maximum atomic E-state index is 4.04. The van der Waals surface area contributed by atoms with Crippen molar-refractivity contribution in [1.82, 2.24) is 15.0 Å². The average Bonchev–Trinajstić information content (AvgIpc) is 2.58. The molecule has 0 unspecified atom stereocenters. The first-order chi connectivity index (χ1) is 5.47. The van der Waals surface area contributed by atoms with Gasteiger partial charge in [-0.05, 0) is 6.07 Å². The fraction of sp³-hybridized carbons (Fsp3) is 0. The summed E-state index contributed by atoms with van der Waals surface area (Å²) in [7, 11) is 0. The van der Waals surface area contributed by atoms with Crippen LogP contribution in [0.1, 0.15) is 0 Å². The molecule has 0 bridgehead atoms. The highest BCUT2D eigenvalue weighted by atomic mass is 32.1. The lowest BCUT2D eigenvalue weighted by Gasteiger charge is -1.89. The van der Waals surface area contributed by atoms with E-state index in [0.29, 0.717) is 5.82 Å². The molecule has 2 rings (SSSR count). The van der Waals surface area contributed by atoms with E-state index in [-0.39, 0.29) is 0 Å². The summed E-state index contributed by atoms with van der Waals surface area (Å²) in [4.78, 5) is 12.0. The molecule has 0 atom stereocenters. The number of aromatic nitrogens is 3. The van der Waals surface area contributed by atoms with Crippen LogP contribution < -0.4 is 0 Å². The minimum Gasteiger partial charge on any atom is -0.234 e. The van der Waals surface area contributed by atoms with Crippen molar-refractivity contribution in [3.63, 3.8) is 0 Å². The van der Waals surface area contributed by atoms with Crippen LogP contribution in [0.4, 0.5) is 0 Å². The summed E-state index contributed by atoms with van der Waals surface area (Å²) in [5.41, 5.74) is 0. The van der Waals surface area contributed by atoms with Gasteiger partial charge in [0.05, 0.1) is 0 Å². The van der Waals surface area contributed by atoms with Crippen molar-refractivity contribution in [2.45, 2.75) is 0 Å². The van der Waals surface area contributed by atoms with Gasteiger partial charge in [-0.25, -0.2) is 15.0 Å². The molecule has 11 heavy (non-hydrogen) atoms.